The lowest BCUT2D eigenvalue weighted by Crippen LogP contribution is -2.32. The van der Waals surface area contributed by atoms with Gasteiger partial charge in [-0.1, -0.05) is 82.3 Å². The number of aromatic nitrogens is 2. The zero-order chi connectivity index (χ0) is 19.9. The molecule has 0 saturated heterocycles. The highest BCUT2D eigenvalue weighted by atomic mass is 35.5. The van der Waals surface area contributed by atoms with Crippen LogP contribution >= 0.6 is 23.2 Å². The van der Waals surface area contributed by atoms with Gasteiger partial charge in [0.1, 0.15) is 5.69 Å². The number of rotatable bonds is 10. The highest BCUT2D eigenvalue weighted by Crippen LogP contribution is 2.31. The molecule has 0 atom stereocenters. The Balaban J connectivity index is 1.81. The van der Waals surface area contributed by atoms with Gasteiger partial charge in [0.15, 0.2) is 0 Å². The molecular formula is C24H31Cl2N2+. The first-order valence-corrected chi connectivity index (χ1v) is 11.4. The van der Waals surface area contributed by atoms with Crippen molar-refractivity contribution in [3.05, 3.63) is 58.6 Å². The molecule has 0 saturated carbocycles. The molecular weight excluding hydrogens is 387 g/mol. The van der Waals surface area contributed by atoms with E-state index >= 15 is 0 Å². The van der Waals surface area contributed by atoms with E-state index < -0.39 is 0 Å². The van der Waals surface area contributed by atoms with Crippen molar-refractivity contribution in [3.63, 3.8) is 0 Å². The molecule has 0 bridgehead atoms. The molecule has 0 aliphatic carbocycles. The zero-order valence-corrected chi connectivity index (χ0v) is 18.6. The lowest BCUT2D eigenvalue weighted by molar-refractivity contribution is -0.694. The summed E-state index contributed by atoms with van der Waals surface area (Å²) in [4.78, 5) is 0. The van der Waals surface area contributed by atoms with E-state index in [2.05, 4.69) is 65.7 Å². The van der Waals surface area contributed by atoms with Crippen LogP contribution in [0.2, 0.25) is 10.3 Å². The first-order chi connectivity index (χ1) is 13.7. The van der Waals surface area contributed by atoms with Crippen LogP contribution in [0.5, 0.6) is 0 Å². The van der Waals surface area contributed by atoms with E-state index in [9.17, 15) is 0 Å². The SMILES string of the molecule is CCCCCCCCC[n+]1cn(-c2c(CC)ccc3ccccc23)c(Cl)c1Cl. The fraction of sp³-hybridized carbons (Fsp3) is 0.458. The zero-order valence-electron chi connectivity index (χ0n) is 17.1. The average molecular weight is 418 g/mol. The topological polar surface area (TPSA) is 8.81 Å². The van der Waals surface area contributed by atoms with Crippen molar-refractivity contribution in [1.29, 1.82) is 0 Å². The number of nitrogens with zero attached hydrogens (tertiary/aromatic N) is 2. The minimum atomic E-state index is 0.593. The van der Waals surface area contributed by atoms with Crippen LogP contribution in [0.4, 0.5) is 0 Å². The molecule has 0 radical (unpaired) electrons. The van der Waals surface area contributed by atoms with Crippen LogP contribution in [0, 0.1) is 0 Å². The molecule has 0 fully saturated rings. The van der Waals surface area contributed by atoms with Crippen molar-refractivity contribution in [2.75, 3.05) is 0 Å². The Morgan fingerprint density at radius 2 is 1.57 bits per heavy atom. The van der Waals surface area contributed by atoms with Crippen LogP contribution in [-0.2, 0) is 13.0 Å². The smallest absolute Gasteiger partial charge is 0.219 e. The molecule has 3 aromatic rings. The predicted octanol–water partition coefficient (Wildman–Crippen LogP) is 7.54. The lowest BCUT2D eigenvalue weighted by atomic mass is 10.0. The largest absolute Gasteiger partial charge is 0.260 e. The van der Waals surface area contributed by atoms with Crippen LogP contribution in [0.15, 0.2) is 42.7 Å². The van der Waals surface area contributed by atoms with Crippen molar-refractivity contribution in [2.24, 2.45) is 0 Å². The van der Waals surface area contributed by atoms with Crippen LogP contribution in [0.3, 0.4) is 0 Å². The van der Waals surface area contributed by atoms with Gasteiger partial charge in [0, 0.05) is 5.39 Å². The molecule has 2 nitrogen and oxygen atoms in total. The molecule has 4 heteroatoms. The molecule has 1 aromatic heterocycles. The first-order valence-electron chi connectivity index (χ1n) is 10.6. The molecule has 0 spiro atoms. The molecule has 3 rings (SSSR count). The second kappa shape index (κ2) is 10.3. The van der Waals surface area contributed by atoms with E-state index in [1.807, 2.05) is 0 Å². The lowest BCUT2D eigenvalue weighted by Gasteiger charge is -2.09. The van der Waals surface area contributed by atoms with Gasteiger partial charge >= 0.3 is 0 Å². The van der Waals surface area contributed by atoms with Crippen molar-refractivity contribution in [1.82, 2.24) is 4.57 Å². The van der Waals surface area contributed by atoms with Gasteiger partial charge in [-0.3, -0.25) is 0 Å². The summed E-state index contributed by atoms with van der Waals surface area (Å²) in [7, 11) is 0. The average Bonchev–Trinajstić information content (AvgIpc) is 3.00. The van der Waals surface area contributed by atoms with E-state index in [1.54, 1.807) is 0 Å². The maximum Gasteiger partial charge on any atom is 0.260 e. The first kappa shape index (κ1) is 21.2. The van der Waals surface area contributed by atoms with Crippen molar-refractivity contribution in [3.8, 4) is 5.69 Å². The van der Waals surface area contributed by atoms with E-state index in [-0.39, 0.29) is 0 Å². The van der Waals surface area contributed by atoms with Crippen molar-refractivity contribution >= 4 is 34.0 Å². The monoisotopic (exact) mass is 417 g/mol. The van der Waals surface area contributed by atoms with Gasteiger partial charge in [0.25, 0.3) is 16.6 Å². The summed E-state index contributed by atoms with van der Waals surface area (Å²) in [5.74, 6) is 0. The molecule has 150 valence electrons. The van der Waals surface area contributed by atoms with E-state index in [0.717, 1.165) is 25.1 Å². The Kier molecular flexibility index (Phi) is 7.82. The minimum Gasteiger partial charge on any atom is -0.219 e. The predicted molar refractivity (Wildman–Crippen MR) is 121 cm³/mol. The van der Waals surface area contributed by atoms with E-state index in [0.29, 0.717) is 10.3 Å². The molecule has 0 aliphatic rings. The van der Waals surface area contributed by atoms with Gasteiger partial charge in [-0.05, 0) is 53.4 Å². The molecule has 0 amide bonds. The molecule has 0 aliphatic heterocycles. The number of hydrogen-bond acceptors (Lipinski definition) is 0. The minimum absolute atomic E-state index is 0.593. The maximum atomic E-state index is 6.69. The highest BCUT2D eigenvalue weighted by molar-refractivity contribution is 6.40. The Labute approximate surface area is 179 Å². The third-order valence-electron chi connectivity index (χ3n) is 5.50. The third-order valence-corrected chi connectivity index (χ3v) is 6.35. The van der Waals surface area contributed by atoms with Crippen LogP contribution in [0.25, 0.3) is 16.5 Å². The summed E-state index contributed by atoms with van der Waals surface area (Å²) in [6, 6.07) is 12.8. The van der Waals surface area contributed by atoms with E-state index in [4.69, 9.17) is 23.2 Å². The van der Waals surface area contributed by atoms with Crippen LogP contribution in [0.1, 0.15) is 64.4 Å². The fourth-order valence-electron chi connectivity index (χ4n) is 3.88. The fourth-order valence-corrected chi connectivity index (χ4v) is 4.34. The highest BCUT2D eigenvalue weighted by Gasteiger charge is 2.24. The summed E-state index contributed by atoms with van der Waals surface area (Å²) in [5, 5.41) is 3.64. The summed E-state index contributed by atoms with van der Waals surface area (Å²) < 4.78 is 4.16. The van der Waals surface area contributed by atoms with Gasteiger partial charge in [-0.2, -0.15) is 4.57 Å². The number of hydrogen-bond donors (Lipinski definition) is 0. The molecule has 1 heterocycles. The summed E-state index contributed by atoms with van der Waals surface area (Å²) >= 11 is 13.3. The van der Waals surface area contributed by atoms with Crippen molar-refractivity contribution < 1.29 is 4.57 Å². The Hall–Kier alpha value is -1.51. The number of fused-ring (bicyclic) bond motifs is 1. The normalized spacial score (nSPS) is 11.4. The van der Waals surface area contributed by atoms with Gasteiger partial charge < -0.3 is 0 Å². The summed E-state index contributed by atoms with van der Waals surface area (Å²) in [6.07, 6.45) is 12.0. The molecule has 2 aromatic carbocycles. The van der Waals surface area contributed by atoms with E-state index in [1.165, 1.54) is 54.9 Å². The van der Waals surface area contributed by atoms with Gasteiger partial charge in [0.05, 0.1) is 6.54 Å². The standard InChI is InChI=1S/C24H31Cl2N2/c1-3-5-6-7-8-9-12-17-27-18-28(24(26)23(27)25)22-19(4-2)15-16-20-13-10-11-14-21(20)22/h10-11,13-16,18H,3-9,12,17H2,1-2H3/q+1. The Morgan fingerprint density at radius 1 is 0.857 bits per heavy atom. The summed E-state index contributed by atoms with van der Waals surface area (Å²) in [6.45, 7) is 5.34. The quantitative estimate of drug-likeness (QED) is 0.238. The summed E-state index contributed by atoms with van der Waals surface area (Å²) in [5.41, 5.74) is 2.42. The van der Waals surface area contributed by atoms with Crippen LogP contribution in [-0.4, -0.2) is 4.57 Å². The van der Waals surface area contributed by atoms with Gasteiger partial charge in [0.2, 0.25) is 0 Å². The maximum absolute atomic E-state index is 6.69. The van der Waals surface area contributed by atoms with Crippen molar-refractivity contribution in [2.45, 2.75) is 71.8 Å². The van der Waals surface area contributed by atoms with Gasteiger partial charge in [-0.15, -0.1) is 0 Å². The Morgan fingerprint density at radius 3 is 2.32 bits per heavy atom. The molecule has 0 unspecified atom stereocenters. The Bertz CT molecular complexity index is 914. The third kappa shape index (κ3) is 4.72. The second-order valence-corrected chi connectivity index (χ2v) is 8.25. The molecule has 28 heavy (non-hydrogen) atoms. The second-order valence-electron chi connectivity index (χ2n) is 7.53. The number of halogens is 2. The number of benzene rings is 2. The van der Waals surface area contributed by atoms with Gasteiger partial charge in [-0.25, -0.2) is 4.57 Å². The number of imidazole rings is 1. The number of aryl methyl sites for hydroxylation is 2. The van der Waals surface area contributed by atoms with Crippen LogP contribution < -0.4 is 4.57 Å². The number of unbranched alkanes of at least 4 members (excludes halogenated alkanes) is 6. The molecule has 0 N–H and O–H groups in total.